The number of pyridine rings is 2. The van der Waals surface area contributed by atoms with Crippen LogP contribution in [0.2, 0.25) is 0 Å². The van der Waals surface area contributed by atoms with Crippen LogP contribution < -0.4 is 33.7 Å². The average Bonchev–Trinajstić information content (AvgIpc) is 1.58. The van der Waals surface area contributed by atoms with Crippen molar-refractivity contribution in [2.45, 2.75) is 178 Å². The third-order valence-electron chi connectivity index (χ3n) is 18.0. The second-order valence-corrected chi connectivity index (χ2v) is 31.5. The van der Waals surface area contributed by atoms with Gasteiger partial charge in [-0.1, -0.05) is 32.4 Å². The summed E-state index contributed by atoms with van der Waals surface area (Å²) in [4.78, 5) is 104. The number of Topliss-reactive ketones (excluding diaryl/α,β-unsaturated/α-hetero) is 2. The molecular weight excluding hydrogens is 1270 g/mol. The van der Waals surface area contributed by atoms with Gasteiger partial charge in [0.1, 0.15) is 47.6 Å². The Hall–Kier alpha value is -7.75. The first-order valence-electron chi connectivity index (χ1n) is 32.1. The number of amides is 4. The van der Waals surface area contributed by atoms with Crippen LogP contribution in [0.3, 0.4) is 0 Å². The molecule has 27 heteroatoms. The molecule has 4 amide bonds. The number of carbonyl (C=O) groups excluding carboxylic acids is 7. The highest BCUT2D eigenvalue weighted by molar-refractivity contribution is 7.91. The maximum atomic E-state index is 14.6. The van der Waals surface area contributed by atoms with Crippen LogP contribution >= 0.6 is 0 Å². The van der Waals surface area contributed by atoms with Gasteiger partial charge in [-0.05, 0) is 157 Å². The molecule has 10 atom stereocenters. The molecule has 4 aliphatic carbocycles. The summed E-state index contributed by atoms with van der Waals surface area (Å²) in [6, 6.07) is 12.3. The average molecular weight is 1360 g/mol. The summed E-state index contributed by atoms with van der Waals surface area (Å²) in [7, 11) is -2.83. The molecule has 0 bridgehead atoms. The van der Waals surface area contributed by atoms with Crippen molar-refractivity contribution in [3.8, 4) is 23.3 Å². The number of aromatic nitrogens is 2. The van der Waals surface area contributed by atoms with E-state index in [-0.39, 0.29) is 56.0 Å². The molecule has 4 heterocycles. The van der Waals surface area contributed by atoms with E-state index in [0.29, 0.717) is 74.4 Å². The zero-order valence-electron chi connectivity index (χ0n) is 56.0. The van der Waals surface area contributed by atoms with Crippen molar-refractivity contribution in [1.82, 2.24) is 34.5 Å². The van der Waals surface area contributed by atoms with E-state index in [4.69, 9.17) is 33.5 Å². The number of sulfonamides is 2. The number of carbonyl (C=O) groups is 7. The first kappa shape index (κ1) is 73.1. The highest BCUT2D eigenvalue weighted by Gasteiger charge is 2.63. The van der Waals surface area contributed by atoms with Crippen LogP contribution in [-0.4, -0.2) is 176 Å². The Morgan fingerprint density at radius 1 is 0.726 bits per heavy atom. The van der Waals surface area contributed by atoms with Crippen molar-refractivity contribution in [1.29, 1.82) is 0 Å². The van der Waals surface area contributed by atoms with Gasteiger partial charge in [-0.3, -0.25) is 38.3 Å². The molecule has 95 heavy (non-hydrogen) atoms. The van der Waals surface area contributed by atoms with Crippen molar-refractivity contribution in [3.05, 3.63) is 86.2 Å². The number of fused-ring (bicyclic) bond motifs is 2. The summed E-state index contributed by atoms with van der Waals surface area (Å²) >= 11 is 0. The molecule has 0 radical (unpaired) electrons. The van der Waals surface area contributed by atoms with Crippen LogP contribution in [0.5, 0.6) is 23.3 Å². The number of aliphatic hydroxyl groups is 1. The van der Waals surface area contributed by atoms with Gasteiger partial charge < -0.3 is 43.7 Å². The quantitative estimate of drug-likeness (QED) is 0.0381. The molecule has 6 fully saturated rings. The molecule has 4 saturated carbocycles. The summed E-state index contributed by atoms with van der Waals surface area (Å²) in [6.45, 7) is 21.7. The number of nitrogens with one attached hydrogen (secondary N) is 3. The van der Waals surface area contributed by atoms with Gasteiger partial charge in [-0.25, -0.2) is 36.4 Å². The molecule has 2 aliphatic heterocycles. The minimum atomic E-state index is -3.85. The third-order valence-corrected chi connectivity index (χ3v) is 21.7. The number of likely N-dealkylation sites (tertiary alicyclic amines) is 1. The molecule has 1 unspecified atom stereocenters. The van der Waals surface area contributed by atoms with Gasteiger partial charge in [0, 0.05) is 62.4 Å². The monoisotopic (exact) mass is 1360 g/mol. The first-order chi connectivity index (χ1) is 44.6. The zero-order chi connectivity index (χ0) is 69.8. The molecule has 0 spiro atoms. The van der Waals surface area contributed by atoms with Crippen LogP contribution in [0.1, 0.15) is 126 Å². The molecule has 6 aliphatic rings. The number of likely N-dealkylation sites (N-methyl/N-ethyl adjacent to an activating group) is 1. The maximum Gasteiger partial charge on any atom is 0.410 e. The van der Waals surface area contributed by atoms with E-state index in [1.54, 1.807) is 86.4 Å². The van der Waals surface area contributed by atoms with E-state index >= 15 is 0 Å². The molecule has 2 saturated heterocycles. The van der Waals surface area contributed by atoms with Crippen LogP contribution in [-0.2, 0) is 58.3 Å². The first-order valence-corrected chi connectivity index (χ1v) is 35.2. The van der Waals surface area contributed by atoms with Crippen molar-refractivity contribution in [2.24, 2.45) is 28.6 Å². The van der Waals surface area contributed by atoms with Gasteiger partial charge in [-0.2, -0.15) is 0 Å². The Labute approximate surface area is 555 Å². The SMILES string of the molecule is C=C[C@@H]1C[C@]1(CC(=O)[C@@H]1C[C@@H](Oc2nccc3cc(OC)ccc23)CN1)C(=O)NS(=O)(=O)C1CC1.C=C[C@@H]1C[C@]1(CC(=O)[C@@H]1C[C@@H](Oc2nccc3cc(OC)ccc23)CN1C(=O)C([C@@H](C)CC)N(C)C(=O)OC(C)(C)C)C(=O)NS(=O)(=O)C1CC1.CC(C)(C)OC(=O)CO. The lowest BCUT2D eigenvalue weighted by atomic mass is 9.91. The fourth-order valence-electron chi connectivity index (χ4n) is 12.1. The predicted molar refractivity (Wildman–Crippen MR) is 353 cm³/mol. The summed E-state index contributed by atoms with van der Waals surface area (Å²) in [5.74, 6) is -1.62. The highest BCUT2D eigenvalue weighted by Crippen LogP contribution is 2.58. The standard InChI is InChI=1S/C37H50N4O9S.C25H29N3O6S.C6H12O3/c1-9-22(3)31(40(7)35(45)50-36(4,5)6)33(43)41-21-26(49-32-28-14-11-25(48-8)17-23(28)15-16-38-32)18-29(41)30(42)20-37(19-24(37)10-2)34(44)39-51(46,47)27-12-13-27;1-3-16-12-25(16,24(30)28-35(31,32)19-5-6-19)13-22(29)21-11-18(14-27-21)34-23-20-7-4-17(33-2)10-15(20)8-9-26-23;1-6(2,3)9-5(8)4-7/h10-11,14-17,22,24,26-27,29,31H,2,9,12-13,18-21H2,1,3-8H3,(H,39,44);3-4,7-10,16,18-19,21,27H,1,5-6,11-14H2,2H3,(H,28,30);7H,4H2,1-3H3/t22-,24+,26+,29-,31?,37+;16-,18-,21+,25-;/m01./s1. The topological polar surface area (TPSA) is 332 Å². The number of rotatable bonds is 25. The second kappa shape index (κ2) is 29.3. The van der Waals surface area contributed by atoms with Crippen molar-refractivity contribution in [2.75, 3.05) is 41.0 Å². The second-order valence-electron chi connectivity index (χ2n) is 27.5. The minimum Gasteiger partial charge on any atom is -0.497 e. The molecule has 10 rings (SSSR count). The zero-order valence-corrected chi connectivity index (χ0v) is 57.6. The van der Waals surface area contributed by atoms with Crippen LogP contribution in [0.4, 0.5) is 4.79 Å². The van der Waals surface area contributed by atoms with Gasteiger partial charge in [-0.15, -0.1) is 13.2 Å². The van der Waals surface area contributed by atoms with Crippen molar-refractivity contribution in [3.63, 3.8) is 0 Å². The van der Waals surface area contributed by atoms with Gasteiger partial charge >= 0.3 is 12.1 Å². The largest absolute Gasteiger partial charge is 0.497 e. The van der Waals surface area contributed by atoms with Gasteiger partial charge in [0.2, 0.25) is 49.5 Å². The molecule has 2 aromatic carbocycles. The van der Waals surface area contributed by atoms with E-state index in [0.717, 1.165) is 21.9 Å². The number of ketones is 2. The normalized spacial score (nSPS) is 24.4. The molecule has 4 aromatic rings. The van der Waals surface area contributed by atoms with Gasteiger partial charge in [0.25, 0.3) is 0 Å². The Bertz CT molecular complexity index is 3810. The third kappa shape index (κ3) is 17.8. The number of nitrogens with zero attached hydrogens (tertiary/aromatic N) is 4. The fraction of sp³-hybridized carbons (Fsp3) is 0.574. The number of aliphatic hydroxyl groups excluding tert-OH is 1. The Balaban J connectivity index is 0.000000226. The fourth-order valence-corrected chi connectivity index (χ4v) is 14.9. The predicted octanol–water partition coefficient (Wildman–Crippen LogP) is 7.07. The molecule has 4 N–H and O–H groups in total. The van der Waals surface area contributed by atoms with Crippen molar-refractivity contribution < 1.29 is 83.9 Å². The summed E-state index contributed by atoms with van der Waals surface area (Å²) < 4.78 is 87.9. The Morgan fingerprint density at radius 3 is 1.61 bits per heavy atom. The number of hydrogen-bond acceptors (Lipinski definition) is 21. The highest BCUT2D eigenvalue weighted by atomic mass is 32.2. The Kier molecular flexibility index (Phi) is 22.5. The van der Waals surface area contributed by atoms with E-state index in [2.05, 4.69) is 37.9 Å². The van der Waals surface area contributed by atoms with E-state index < -0.39 is 125 Å². The van der Waals surface area contributed by atoms with E-state index in [9.17, 15) is 50.4 Å². The summed E-state index contributed by atoms with van der Waals surface area (Å²) in [5, 5.41) is 13.6. The molecule has 2 aromatic heterocycles. The number of allylic oxidation sites excluding steroid dienone is 2. The lowest BCUT2D eigenvalue weighted by molar-refractivity contribution is -0.158. The molecular formula is C68H91N7O18S2. The van der Waals surface area contributed by atoms with Crippen LogP contribution in [0, 0.1) is 28.6 Å². The number of esters is 1. The number of hydrogen-bond donors (Lipinski definition) is 4. The minimum absolute atomic E-state index is 0.0126. The molecule has 25 nitrogen and oxygen atoms in total. The van der Waals surface area contributed by atoms with E-state index in [1.807, 2.05) is 56.3 Å². The summed E-state index contributed by atoms with van der Waals surface area (Å²) in [6.07, 6.45) is 8.39. The molecule has 518 valence electrons. The van der Waals surface area contributed by atoms with E-state index in [1.165, 1.54) is 16.8 Å². The number of methoxy groups -OCH3 is 2. The Morgan fingerprint density at radius 2 is 1.20 bits per heavy atom. The van der Waals surface area contributed by atoms with Gasteiger partial charge in [0.15, 0.2) is 11.6 Å². The smallest absolute Gasteiger partial charge is 0.410 e. The number of benzene rings is 2. The lowest BCUT2D eigenvalue weighted by Crippen LogP contribution is -2.55. The van der Waals surface area contributed by atoms with Crippen LogP contribution in [0.25, 0.3) is 21.5 Å². The van der Waals surface area contributed by atoms with Crippen molar-refractivity contribution >= 4 is 82.9 Å². The summed E-state index contributed by atoms with van der Waals surface area (Å²) in [5.41, 5.74) is -3.63. The lowest BCUT2D eigenvalue weighted by Gasteiger charge is -2.36. The van der Waals surface area contributed by atoms with Crippen LogP contribution in [0.15, 0.2) is 86.2 Å². The number of ether oxygens (including phenoxy) is 6. The van der Waals surface area contributed by atoms with Gasteiger partial charge in [0.05, 0.1) is 54.2 Å². The maximum absolute atomic E-state index is 14.6.